The van der Waals surface area contributed by atoms with Crippen LogP contribution in [0.15, 0.2) is 58.9 Å². The van der Waals surface area contributed by atoms with Crippen LogP contribution < -0.4 is 20.1 Å². The average molecular weight is 460 g/mol. The number of hydrogen-bond donors (Lipinski definition) is 2. The first-order chi connectivity index (χ1) is 14.9. The molecular weight excluding hydrogens is 438 g/mol. The predicted octanol–water partition coefficient (Wildman–Crippen LogP) is 3.33. The van der Waals surface area contributed by atoms with Gasteiger partial charge in [0.25, 0.3) is 5.91 Å². The number of amides is 1. The van der Waals surface area contributed by atoms with E-state index in [4.69, 9.17) is 9.47 Å². The van der Waals surface area contributed by atoms with Gasteiger partial charge in [0.05, 0.1) is 4.90 Å². The number of sulfone groups is 1. The van der Waals surface area contributed by atoms with Crippen LogP contribution in [0, 0.1) is 0 Å². The summed E-state index contributed by atoms with van der Waals surface area (Å²) in [4.78, 5) is 17.0. The normalized spacial score (nSPS) is 16.1. The molecule has 10 heteroatoms. The van der Waals surface area contributed by atoms with E-state index >= 15 is 0 Å². The smallest absolute Gasteiger partial charge is 0.257 e. The Kier molecular flexibility index (Phi) is 6.21. The fourth-order valence-corrected chi connectivity index (χ4v) is 4.25. The second-order valence-electron chi connectivity index (χ2n) is 7.06. The molecule has 1 atom stereocenters. The van der Waals surface area contributed by atoms with E-state index in [0.29, 0.717) is 27.9 Å². The molecule has 1 amide bonds. The van der Waals surface area contributed by atoms with Crippen LogP contribution in [-0.4, -0.2) is 44.8 Å². The summed E-state index contributed by atoms with van der Waals surface area (Å²) in [5.74, 6) is 1.03. The quantitative estimate of drug-likeness (QED) is 0.558. The van der Waals surface area contributed by atoms with E-state index in [1.807, 2.05) is 0 Å². The summed E-state index contributed by atoms with van der Waals surface area (Å²) in [5.41, 5.74) is 0.362. The Bertz CT molecular complexity index is 1160. The highest BCUT2D eigenvalue weighted by Gasteiger charge is 2.18. The van der Waals surface area contributed by atoms with E-state index in [0.717, 1.165) is 25.8 Å². The molecule has 4 rings (SSSR count). The van der Waals surface area contributed by atoms with Crippen molar-refractivity contribution in [1.82, 2.24) is 10.3 Å². The van der Waals surface area contributed by atoms with E-state index < -0.39 is 9.84 Å². The molecule has 0 saturated carbocycles. The highest BCUT2D eigenvalue weighted by atomic mass is 32.2. The number of thiazole rings is 1. The molecule has 0 spiro atoms. The molecule has 1 aliphatic rings. The number of nitrogens with one attached hydrogen (secondary N) is 2. The molecule has 1 saturated heterocycles. The number of carbonyl (C=O) groups excluding carboxylic acids is 1. The van der Waals surface area contributed by atoms with E-state index in [1.165, 1.54) is 23.5 Å². The minimum absolute atomic E-state index is 0.0131. The van der Waals surface area contributed by atoms with Crippen molar-refractivity contribution in [1.29, 1.82) is 0 Å². The molecule has 1 unspecified atom stereocenters. The van der Waals surface area contributed by atoms with Gasteiger partial charge in [-0.2, -0.15) is 0 Å². The fourth-order valence-electron chi connectivity index (χ4n) is 3.10. The van der Waals surface area contributed by atoms with Crippen LogP contribution >= 0.6 is 11.3 Å². The molecule has 162 valence electrons. The summed E-state index contributed by atoms with van der Waals surface area (Å²) in [6.45, 7) is 1.61. The molecule has 2 heterocycles. The van der Waals surface area contributed by atoms with Gasteiger partial charge in [0.15, 0.2) is 15.0 Å². The van der Waals surface area contributed by atoms with Crippen LogP contribution in [0.4, 0.5) is 5.13 Å². The Morgan fingerprint density at radius 3 is 2.58 bits per heavy atom. The highest BCUT2D eigenvalue weighted by molar-refractivity contribution is 7.90. The van der Waals surface area contributed by atoms with Gasteiger partial charge in [-0.1, -0.05) is 0 Å². The zero-order valence-corrected chi connectivity index (χ0v) is 18.3. The van der Waals surface area contributed by atoms with E-state index in [1.54, 1.807) is 41.9 Å². The summed E-state index contributed by atoms with van der Waals surface area (Å²) in [6.07, 6.45) is 3.65. The zero-order valence-electron chi connectivity index (χ0n) is 16.7. The second-order valence-corrected chi connectivity index (χ2v) is 9.97. The molecule has 1 fully saturated rings. The minimum atomic E-state index is -3.29. The lowest BCUT2D eigenvalue weighted by Gasteiger charge is -2.15. The van der Waals surface area contributed by atoms with Crippen LogP contribution in [0.25, 0.3) is 0 Å². The molecule has 1 aromatic heterocycles. The van der Waals surface area contributed by atoms with Gasteiger partial charge in [-0.05, 0) is 49.4 Å². The van der Waals surface area contributed by atoms with Crippen LogP contribution in [0.2, 0.25) is 0 Å². The van der Waals surface area contributed by atoms with Crippen LogP contribution in [0.1, 0.15) is 16.8 Å². The first-order valence-electron chi connectivity index (χ1n) is 9.58. The third-order valence-electron chi connectivity index (χ3n) is 4.60. The van der Waals surface area contributed by atoms with E-state index in [9.17, 15) is 13.2 Å². The summed E-state index contributed by atoms with van der Waals surface area (Å²) < 4.78 is 35.2. The van der Waals surface area contributed by atoms with Crippen LogP contribution in [-0.2, 0) is 9.84 Å². The van der Waals surface area contributed by atoms with Crippen molar-refractivity contribution in [3.63, 3.8) is 0 Å². The van der Waals surface area contributed by atoms with E-state index in [2.05, 4.69) is 15.6 Å². The first-order valence-corrected chi connectivity index (χ1v) is 12.4. The number of carbonyl (C=O) groups is 1. The van der Waals surface area contributed by atoms with Crippen molar-refractivity contribution in [2.24, 2.45) is 0 Å². The standard InChI is InChI=1S/C21H21N3O5S2/c1-31(26,27)19-4-2-15(3-5-19)28-17-10-14(20(25)24-21-23-8-9-30-21)11-18(12-17)29-16-6-7-22-13-16/h2-5,8-12,16,22H,6-7,13H2,1H3,(H,23,24,25). The van der Waals surface area contributed by atoms with Crippen molar-refractivity contribution in [3.8, 4) is 17.2 Å². The van der Waals surface area contributed by atoms with Crippen molar-refractivity contribution in [2.75, 3.05) is 24.7 Å². The molecule has 0 bridgehead atoms. The van der Waals surface area contributed by atoms with E-state index in [-0.39, 0.29) is 16.9 Å². The lowest BCUT2D eigenvalue weighted by Crippen LogP contribution is -2.20. The number of benzene rings is 2. The maximum atomic E-state index is 12.7. The summed E-state index contributed by atoms with van der Waals surface area (Å²) in [7, 11) is -3.29. The Morgan fingerprint density at radius 2 is 1.94 bits per heavy atom. The Morgan fingerprint density at radius 1 is 1.16 bits per heavy atom. The molecule has 3 aromatic rings. The molecular formula is C21H21N3O5S2. The summed E-state index contributed by atoms with van der Waals surface area (Å²) in [6, 6.07) is 11.1. The van der Waals surface area contributed by atoms with Crippen molar-refractivity contribution in [3.05, 3.63) is 59.6 Å². The third-order valence-corrected chi connectivity index (χ3v) is 6.42. The zero-order chi connectivity index (χ0) is 21.8. The van der Waals surface area contributed by atoms with Gasteiger partial charge in [0.2, 0.25) is 0 Å². The SMILES string of the molecule is CS(=O)(=O)c1ccc(Oc2cc(OC3CCNC3)cc(C(=O)Nc3nccs3)c2)cc1. The lowest BCUT2D eigenvalue weighted by molar-refractivity contribution is 0.102. The Balaban J connectivity index is 1.59. The number of anilines is 1. The molecule has 0 aliphatic carbocycles. The number of ether oxygens (including phenoxy) is 2. The highest BCUT2D eigenvalue weighted by Crippen LogP contribution is 2.30. The number of rotatable bonds is 7. The minimum Gasteiger partial charge on any atom is -0.489 e. The van der Waals surface area contributed by atoms with Gasteiger partial charge in [-0.3, -0.25) is 10.1 Å². The van der Waals surface area contributed by atoms with Gasteiger partial charge < -0.3 is 14.8 Å². The Labute approximate surface area is 184 Å². The number of nitrogens with zero attached hydrogens (tertiary/aromatic N) is 1. The van der Waals surface area contributed by atoms with Gasteiger partial charge in [-0.15, -0.1) is 11.3 Å². The fraction of sp³-hybridized carbons (Fsp3) is 0.238. The van der Waals surface area contributed by atoms with Crippen LogP contribution in [0.5, 0.6) is 17.2 Å². The molecule has 1 aliphatic heterocycles. The second kappa shape index (κ2) is 9.04. The monoisotopic (exact) mass is 459 g/mol. The van der Waals surface area contributed by atoms with Gasteiger partial charge in [-0.25, -0.2) is 13.4 Å². The average Bonchev–Trinajstić information content (AvgIpc) is 3.42. The topological polar surface area (TPSA) is 107 Å². The van der Waals surface area contributed by atoms with Crippen molar-refractivity contribution >= 4 is 32.2 Å². The number of hydrogen-bond acceptors (Lipinski definition) is 8. The number of aromatic nitrogens is 1. The molecule has 0 radical (unpaired) electrons. The summed E-state index contributed by atoms with van der Waals surface area (Å²) in [5, 5.41) is 8.26. The predicted molar refractivity (Wildman–Crippen MR) is 118 cm³/mol. The third kappa shape index (κ3) is 5.60. The van der Waals surface area contributed by atoms with Gasteiger partial charge >= 0.3 is 0 Å². The lowest BCUT2D eigenvalue weighted by atomic mass is 10.2. The summed E-state index contributed by atoms with van der Waals surface area (Å²) >= 11 is 1.32. The van der Waals surface area contributed by atoms with Gasteiger partial charge in [0, 0.05) is 36.0 Å². The Hall–Kier alpha value is -2.95. The molecule has 2 aromatic carbocycles. The van der Waals surface area contributed by atoms with Gasteiger partial charge in [0.1, 0.15) is 23.4 Å². The van der Waals surface area contributed by atoms with Crippen LogP contribution in [0.3, 0.4) is 0 Å². The molecule has 2 N–H and O–H groups in total. The molecule has 8 nitrogen and oxygen atoms in total. The largest absolute Gasteiger partial charge is 0.489 e. The maximum Gasteiger partial charge on any atom is 0.257 e. The van der Waals surface area contributed by atoms with Crippen molar-refractivity contribution < 1.29 is 22.7 Å². The first kappa shape index (κ1) is 21.3. The maximum absolute atomic E-state index is 12.7. The van der Waals surface area contributed by atoms with Crippen molar-refractivity contribution in [2.45, 2.75) is 17.4 Å². The molecule has 31 heavy (non-hydrogen) atoms.